The highest BCUT2D eigenvalue weighted by atomic mass is 16.5. The van der Waals surface area contributed by atoms with Crippen molar-refractivity contribution in [2.45, 2.75) is 77.0 Å². The highest BCUT2D eigenvalue weighted by Gasteiger charge is 2.24. The number of ether oxygens (including phenoxy) is 6. The number of methoxy groups -OCH3 is 4. The lowest BCUT2D eigenvalue weighted by molar-refractivity contribution is -0.138. The van der Waals surface area contributed by atoms with E-state index in [4.69, 9.17) is 28.4 Å². The van der Waals surface area contributed by atoms with Crippen LogP contribution in [0, 0.1) is 0 Å². The van der Waals surface area contributed by atoms with Gasteiger partial charge in [-0.05, 0) is 118 Å². The van der Waals surface area contributed by atoms with Crippen molar-refractivity contribution < 1.29 is 48.2 Å². The van der Waals surface area contributed by atoms with Crippen molar-refractivity contribution in [3.8, 4) is 23.0 Å². The Kier molecular flexibility index (Phi) is 17.2. The predicted molar refractivity (Wildman–Crippen MR) is 233 cm³/mol. The van der Waals surface area contributed by atoms with Crippen LogP contribution in [0.15, 0.2) is 73.8 Å². The Hall–Kier alpha value is -5.58. The molecular weight excluding hydrogens is 761 g/mol. The Morgan fingerprint density at radius 2 is 0.700 bits per heavy atom. The second-order valence-electron chi connectivity index (χ2n) is 15.1. The van der Waals surface area contributed by atoms with Gasteiger partial charge in [0.25, 0.3) is 0 Å². The molecule has 0 unspecified atom stereocenters. The average molecular weight is 821 g/mol. The van der Waals surface area contributed by atoms with E-state index >= 15 is 0 Å². The summed E-state index contributed by atoms with van der Waals surface area (Å²) in [5, 5.41) is 19.7. The van der Waals surface area contributed by atoms with Crippen LogP contribution in [-0.2, 0) is 70.4 Å². The van der Waals surface area contributed by atoms with Crippen LogP contribution in [0.1, 0.15) is 92.4 Å². The van der Waals surface area contributed by atoms with E-state index in [-0.39, 0.29) is 26.4 Å². The zero-order chi connectivity index (χ0) is 43.0. The van der Waals surface area contributed by atoms with E-state index in [1.165, 1.54) is 12.2 Å². The lowest BCUT2D eigenvalue weighted by atomic mass is 9.87. The van der Waals surface area contributed by atoms with Crippen molar-refractivity contribution >= 4 is 11.9 Å². The molecule has 0 aromatic heterocycles. The van der Waals surface area contributed by atoms with E-state index in [0.717, 1.165) is 89.8 Å². The smallest absolute Gasteiger partial charge is 0.330 e. The van der Waals surface area contributed by atoms with Gasteiger partial charge < -0.3 is 38.6 Å². The van der Waals surface area contributed by atoms with Gasteiger partial charge in [0, 0.05) is 51.0 Å². The molecule has 0 atom stereocenters. The second kappa shape index (κ2) is 22.7. The standard InChI is InChI=1S/C50H60O10/c1-7-45(53)59-19-11-15-35-25-41-30-39-23-33(13-9-17-51)21-37(47(39)55-3)29-38-22-34(14-10-18-52)24-40(48(38)56-4)31-42-26-36(16-12-20-60-46(54)8-2)28-44(50(42)58-6)32-43(27-35)49(41)57-5/h7-8,21-28,51-52H,1-2,9-20,29-32H2,3-6H3. The number of benzene rings is 4. The molecule has 0 fully saturated rings. The van der Waals surface area contributed by atoms with Crippen LogP contribution >= 0.6 is 0 Å². The van der Waals surface area contributed by atoms with Gasteiger partial charge in [-0.15, -0.1) is 0 Å². The molecule has 5 rings (SSSR count). The number of carbonyl (C=O) groups excluding carboxylic acids is 2. The Bertz CT molecular complexity index is 1990. The van der Waals surface area contributed by atoms with Crippen molar-refractivity contribution in [2.24, 2.45) is 0 Å². The van der Waals surface area contributed by atoms with E-state index < -0.39 is 11.9 Å². The molecule has 2 N–H and O–H groups in total. The minimum Gasteiger partial charge on any atom is -0.496 e. The summed E-state index contributed by atoms with van der Waals surface area (Å²) in [7, 11) is 6.81. The van der Waals surface area contributed by atoms with E-state index in [1.54, 1.807) is 28.4 Å². The minimum absolute atomic E-state index is 0.0796. The summed E-state index contributed by atoms with van der Waals surface area (Å²) < 4.78 is 35.8. The van der Waals surface area contributed by atoms with Gasteiger partial charge in [0.05, 0.1) is 41.7 Å². The van der Waals surface area contributed by atoms with E-state index in [9.17, 15) is 19.8 Å². The number of esters is 2. The first-order chi connectivity index (χ1) is 29.2. The largest absolute Gasteiger partial charge is 0.496 e. The maximum absolute atomic E-state index is 11.8. The summed E-state index contributed by atoms with van der Waals surface area (Å²) in [4.78, 5) is 23.7. The Labute approximate surface area is 354 Å². The molecule has 1 aliphatic carbocycles. The number of hydrogen-bond donors (Lipinski definition) is 2. The Morgan fingerprint density at radius 3 is 0.900 bits per heavy atom. The van der Waals surface area contributed by atoms with Crippen LogP contribution in [-0.4, -0.2) is 77.0 Å². The van der Waals surface area contributed by atoms with Crippen molar-refractivity contribution in [3.05, 3.63) is 141 Å². The Balaban J connectivity index is 1.77. The predicted octanol–water partition coefficient (Wildman–Crippen LogP) is 7.57. The number of rotatable bonds is 20. The first-order valence-electron chi connectivity index (χ1n) is 20.7. The molecule has 60 heavy (non-hydrogen) atoms. The van der Waals surface area contributed by atoms with Crippen LogP contribution in [0.5, 0.6) is 23.0 Å². The summed E-state index contributed by atoms with van der Waals surface area (Å²) in [6, 6.07) is 17.4. The lowest BCUT2D eigenvalue weighted by Gasteiger charge is -2.23. The first-order valence-corrected chi connectivity index (χ1v) is 20.7. The minimum atomic E-state index is -0.449. The zero-order valence-electron chi connectivity index (χ0n) is 35.7. The van der Waals surface area contributed by atoms with Gasteiger partial charge >= 0.3 is 11.9 Å². The fourth-order valence-corrected chi connectivity index (χ4v) is 8.39. The maximum atomic E-state index is 11.8. The van der Waals surface area contributed by atoms with Gasteiger partial charge in [-0.1, -0.05) is 61.7 Å². The molecule has 4 aromatic rings. The number of carbonyl (C=O) groups is 2. The summed E-state index contributed by atoms with van der Waals surface area (Å²) >= 11 is 0. The van der Waals surface area contributed by atoms with Crippen LogP contribution in [0.2, 0.25) is 0 Å². The van der Waals surface area contributed by atoms with Gasteiger partial charge in [-0.3, -0.25) is 0 Å². The summed E-state index contributed by atoms with van der Waals surface area (Å²) in [6.07, 6.45) is 9.54. The number of aliphatic hydroxyl groups excluding tert-OH is 2. The van der Waals surface area contributed by atoms with Crippen LogP contribution in [0.4, 0.5) is 0 Å². The maximum Gasteiger partial charge on any atom is 0.330 e. The molecule has 4 aromatic carbocycles. The molecule has 10 nitrogen and oxygen atoms in total. The number of fused-ring (bicyclic) bond motifs is 8. The summed E-state index contributed by atoms with van der Waals surface area (Å²) in [6.45, 7) is 7.71. The molecule has 0 radical (unpaired) electrons. The monoisotopic (exact) mass is 820 g/mol. The molecule has 10 heteroatoms. The number of aryl methyl sites for hydroxylation is 4. The van der Waals surface area contributed by atoms with Crippen LogP contribution < -0.4 is 18.9 Å². The summed E-state index contributed by atoms with van der Waals surface area (Å²) in [5.41, 5.74) is 12.2. The van der Waals surface area contributed by atoms with Crippen molar-refractivity contribution in [2.75, 3.05) is 54.9 Å². The van der Waals surface area contributed by atoms with Crippen molar-refractivity contribution in [1.29, 1.82) is 0 Å². The van der Waals surface area contributed by atoms with Gasteiger partial charge in [0.2, 0.25) is 0 Å². The normalized spacial score (nSPS) is 12.0. The van der Waals surface area contributed by atoms with Crippen LogP contribution in [0.25, 0.3) is 0 Å². The number of aliphatic hydroxyl groups is 2. The van der Waals surface area contributed by atoms with Gasteiger partial charge in [-0.2, -0.15) is 0 Å². The van der Waals surface area contributed by atoms with E-state index in [1.807, 2.05) is 0 Å². The molecule has 0 spiro atoms. The van der Waals surface area contributed by atoms with Crippen molar-refractivity contribution in [3.63, 3.8) is 0 Å². The second-order valence-corrected chi connectivity index (χ2v) is 15.1. The third-order valence-corrected chi connectivity index (χ3v) is 10.8. The molecule has 0 amide bonds. The molecule has 0 heterocycles. The molecule has 0 aliphatic heterocycles. The third-order valence-electron chi connectivity index (χ3n) is 10.8. The SMILES string of the molecule is C=CC(=O)OCCCc1cc2c(OC)c(c1)Cc1cc(CCCOC(=O)C=C)cc(c1OC)Cc1cc(CCCO)cc(c1OC)Cc1cc(CCCO)cc(c1OC)C2. The van der Waals surface area contributed by atoms with Crippen molar-refractivity contribution in [1.82, 2.24) is 0 Å². The summed E-state index contributed by atoms with van der Waals surface area (Å²) in [5.74, 6) is 2.18. The molecule has 1 aliphatic rings. The number of hydrogen-bond acceptors (Lipinski definition) is 10. The van der Waals surface area contributed by atoms with Crippen LogP contribution in [0.3, 0.4) is 0 Å². The molecule has 0 saturated carbocycles. The first kappa shape index (κ1) is 45.5. The molecule has 8 bridgehead atoms. The van der Waals surface area contributed by atoms with E-state index in [2.05, 4.69) is 61.7 Å². The fourth-order valence-electron chi connectivity index (χ4n) is 8.39. The Morgan fingerprint density at radius 1 is 0.467 bits per heavy atom. The molecule has 0 saturated heterocycles. The third kappa shape index (κ3) is 11.8. The fraction of sp³-hybridized carbons (Fsp3) is 0.400. The van der Waals surface area contributed by atoms with Gasteiger partial charge in [0.15, 0.2) is 0 Å². The zero-order valence-corrected chi connectivity index (χ0v) is 35.7. The topological polar surface area (TPSA) is 130 Å². The lowest BCUT2D eigenvalue weighted by Crippen LogP contribution is -2.09. The molecular formula is C50H60O10. The van der Waals surface area contributed by atoms with Gasteiger partial charge in [0.1, 0.15) is 23.0 Å². The highest BCUT2D eigenvalue weighted by Crippen LogP contribution is 2.41. The van der Waals surface area contributed by atoms with Gasteiger partial charge in [-0.25, -0.2) is 9.59 Å². The quantitative estimate of drug-likeness (QED) is 0.0461. The van der Waals surface area contributed by atoms with E-state index in [0.29, 0.717) is 77.0 Å². The average Bonchev–Trinajstić information content (AvgIpc) is 3.24. The molecule has 320 valence electrons. The highest BCUT2D eigenvalue weighted by molar-refractivity contribution is 5.81.